The van der Waals surface area contributed by atoms with Crippen LogP contribution in [0.3, 0.4) is 0 Å². The first-order valence-corrected chi connectivity index (χ1v) is 4.98. The number of carbonyl (C=O) groups excluding carboxylic acids is 2. The Labute approximate surface area is 102 Å². The molecule has 0 spiro atoms. The Morgan fingerprint density at radius 3 is 2.71 bits per heavy atom. The number of ether oxygens (including phenoxy) is 1. The van der Waals surface area contributed by atoms with Crippen molar-refractivity contribution in [2.24, 2.45) is 10.9 Å². The maximum absolute atomic E-state index is 10.9. The summed E-state index contributed by atoms with van der Waals surface area (Å²) in [5, 5.41) is 2.64. The molecular formula is C10H9ClN2O4. The molecular weight excluding hydrogens is 248 g/mol. The highest BCUT2D eigenvalue weighted by atomic mass is 35.5. The lowest BCUT2D eigenvalue weighted by molar-refractivity contribution is -0.119. The zero-order valence-corrected chi connectivity index (χ0v) is 9.39. The largest absolute Gasteiger partial charge is 0.441 e. The van der Waals surface area contributed by atoms with Gasteiger partial charge < -0.3 is 10.5 Å². The molecule has 6 nitrogen and oxygen atoms in total. The number of hydrogen-bond donors (Lipinski definition) is 1. The van der Waals surface area contributed by atoms with Crippen molar-refractivity contribution in [1.82, 2.24) is 0 Å². The summed E-state index contributed by atoms with van der Waals surface area (Å²) in [4.78, 5) is 31.6. The number of nitrogens with two attached hydrogens (primary N) is 1. The third kappa shape index (κ3) is 4.20. The summed E-state index contributed by atoms with van der Waals surface area (Å²) in [6.07, 6.45) is -2.38. The van der Waals surface area contributed by atoms with Crippen LogP contribution in [-0.4, -0.2) is 12.0 Å². The van der Waals surface area contributed by atoms with E-state index in [1.165, 1.54) is 6.07 Å². The molecule has 0 aromatic heterocycles. The van der Waals surface area contributed by atoms with E-state index in [0.717, 1.165) is 0 Å². The summed E-state index contributed by atoms with van der Waals surface area (Å²) in [5.74, 6) is -0.934. The molecule has 1 atom stereocenters. The monoisotopic (exact) mass is 256 g/mol. The van der Waals surface area contributed by atoms with Gasteiger partial charge in [0.1, 0.15) is 6.10 Å². The van der Waals surface area contributed by atoms with E-state index >= 15 is 0 Å². The van der Waals surface area contributed by atoms with Crippen LogP contribution in [0.15, 0.2) is 29.4 Å². The van der Waals surface area contributed by atoms with E-state index < -0.39 is 18.1 Å². The Bertz CT molecular complexity index is 450. The number of carbonyl (C=O) groups is 2. The Kier molecular flexibility index (Phi) is 4.59. The standard InChI is InChI=1S/C10H9ClN2O4/c11-7-3-1-2-6(4-7)8(17-10(12)15)5-9(14)13-16/h1-4,8H,5H2,(H2,12,15)/t8-/m1/s1. The Hall–Kier alpha value is -1.95. The molecule has 0 saturated heterocycles. The second kappa shape index (κ2) is 5.95. The first-order chi connectivity index (χ1) is 8.02. The molecule has 0 fully saturated rings. The molecule has 0 unspecified atom stereocenters. The molecule has 1 aromatic rings. The number of hydrogen-bond acceptors (Lipinski definition) is 4. The molecule has 1 aromatic carbocycles. The van der Waals surface area contributed by atoms with Crippen LogP contribution in [0.4, 0.5) is 4.79 Å². The van der Waals surface area contributed by atoms with Gasteiger partial charge in [0.25, 0.3) is 5.91 Å². The van der Waals surface area contributed by atoms with Crippen molar-refractivity contribution < 1.29 is 14.3 Å². The van der Waals surface area contributed by atoms with Gasteiger partial charge in [-0.05, 0) is 17.7 Å². The van der Waals surface area contributed by atoms with Crippen molar-refractivity contribution >= 4 is 23.6 Å². The van der Waals surface area contributed by atoms with Crippen molar-refractivity contribution in [2.45, 2.75) is 12.5 Å². The minimum absolute atomic E-state index is 0.368. The molecule has 0 heterocycles. The molecule has 0 saturated carbocycles. The predicted molar refractivity (Wildman–Crippen MR) is 60.3 cm³/mol. The van der Waals surface area contributed by atoms with Gasteiger partial charge in [-0.15, -0.1) is 4.91 Å². The zero-order chi connectivity index (χ0) is 12.8. The first-order valence-electron chi connectivity index (χ1n) is 4.60. The van der Waals surface area contributed by atoms with E-state index in [2.05, 4.69) is 5.18 Å². The van der Waals surface area contributed by atoms with Crippen LogP contribution in [0.25, 0.3) is 0 Å². The number of benzene rings is 1. The van der Waals surface area contributed by atoms with E-state index in [-0.39, 0.29) is 6.42 Å². The van der Waals surface area contributed by atoms with Gasteiger partial charge in [0.15, 0.2) is 0 Å². The van der Waals surface area contributed by atoms with E-state index in [1.54, 1.807) is 18.2 Å². The molecule has 0 aliphatic carbocycles. The van der Waals surface area contributed by atoms with Gasteiger partial charge in [-0.3, -0.25) is 4.79 Å². The lowest BCUT2D eigenvalue weighted by Gasteiger charge is -2.14. The predicted octanol–water partition coefficient (Wildman–Crippen LogP) is 2.16. The maximum Gasteiger partial charge on any atom is 0.405 e. The molecule has 17 heavy (non-hydrogen) atoms. The fourth-order valence-electron chi connectivity index (χ4n) is 1.27. The Morgan fingerprint density at radius 2 is 2.18 bits per heavy atom. The van der Waals surface area contributed by atoms with Crippen LogP contribution in [0, 0.1) is 4.91 Å². The van der Waals surface area contributed by atoms with E-state index in [0.29, 0.717) is 10.6 Å². The number of nitrogens with zero attached hydrogens (tertiary/aromatic N) is 1. The van der Waals surface area contributed by atoms with Gasteiger partial charge in [-0.25, -0.2) is 4.79 Å². The van der Waals surface area contributed by atoms with Crippen molar-refractivity contribution in [3.05, 3.63) is 39.8 Å². The van der Waals surface area contributed by atoms with Crippen LogP contribution in [0.1, 0.15) is 18.1 Å². The summed E-state index contributed by atoms with van der Waals surface area (Å²) in [7, 11) is 0. The number of halogens is 1. The minimum atomic E-state index is -1.05. The number of nitroso groups, excluding NO2 is 1. The second-order valence-corrected chi connectivity index (χ2v) is 3.61. The van der Waals surface area contributed by atoms with Crippen LogP contribution < -0.4 is 5.73 Å². The normalized spacial score (nSPS) is 11.6. The minimum Gasteiger partial charge on any atom is -0.441 e. The molecule has 0 radical (unpaired) electrons. The number of primary amides is 1. The maximum atomic E-state index is 10.9. The second-order valence-electron chi connectivity index (χ2n) is 3.17. The van der Waals surface area contributed by atoms with Gasteiger partial charge >= 0.3 is 6.09 Å². The number of amides is 2. The molecule has 0 aliphatic heterocycles. The molecule has 90 valence electrons. The summed E-state index contributed by atoms with van der Waals surface area (Å²) in [6.45, 7) is 0. The molecule has 2 amide bonds. The highest BCUT2D eigenvalue weighted by Gasteiger charge is 2.20. The van der Waals surface area contributed by atoms with E-state index in [4.69, 9.17) is 22.1 Å². The molecule has 0 aliphatic rings. The number of rotatable bonds is 4. The average molecular weight is 257 g/mol. The lowest BCUT2D eigenvalue weighted by Crippen LogP contribution is -2.19. The Balaban J connectivity index is 2.92. The summed E-state index contributed by atoms with van der Waals surface area (Å²) >= 11 is 5.75. The third-order valence-electron chi connectivity index (χ3n) is 1.94. The molecule has 0 bridgehead atoms. The summed E-state index contributed by atoms with van der Waals surface area (Å²) in [5.41, 5.74) is 5.34. The van der Waals surface area contributed by atoms with Gasteiger partial charge in [0.05, 0.1) is 6.42 Å². The van der Waals surface area contributed by atoms with Crippen molar-refractivity contribution in [3.63, 3.8) is 0 Å². The smallest absolute Gasteiger partial charge is 0.405 e. The average Bonchev–Trinajstić information content (AvgIpc) is 2.27. The van der Waals surface area contributed by atoms with Gasteiger partial charge in [0, 0.05) is 10.2 Å². The molecule has 1 rings (SSSR count). The lowest BCUT2D eigenvalue weighted by atomic mass is 10.1. The van der Waals surface area contributed by atoms with Crippen LogP contribution >= 0.6 is 11.6 Å². The first kappa shape index (κ1) is 13.1. The van der Waals surface area contributed by atoms with E-state index in [1.807, 2.05) is 0 Å². The van der Waals surface area contributed by atoms with E-state index in [9.17, 15) is 14.5 Å². The fraction of sp³-hybridized carbons (Fsp3) is 0.200. The highest BCUT2D eigenvalue weighted by Crippen LogP contribution is 2.24. The van der Waals surface area contributed by atoms with Crippen LogP contribution in [-0.2, 0) is 9.53 Å². The topological polar surface area (TPSA) is 98.8 Å². The third-order valence-corrected chi connectivity index (χ3v) is 2.18. The van der Waals surface area contributed by atoms with Crippen LogP contribution in [0.2, 0.25) is 5.02 Å². The SMILES string of the molecule is NC(=O)O[C@H](CC(=O)N=O)c1cccc(Cl)c1. The molecule has 2 N–H and O–H groups in total. The van der Waals surface area contributed by atoms with Gasteiger partial charge in [0.2, 0.25) is 0 Å². The van der Waals surface area contributed by atoms with Crippen molar-refractivity contribution in [3.8, 4) is 0 Å². The van der Waals surface area contributed by atoms with Crippen LogP contribution in [0.5, 0.6) is 0 Å². The fourth-order valence-corrected chi connectivity index (χ4v) is 1.47. The van der Waals surface area contributed by atoms with Crippen molar-refractivity contribution in [2.75, 3.05) is 0 Å². The summed E-state index contributed by atoms with van der Waals surface area (Å²) < 4.78 is 4.72. The van der Waals surface area contributed by atoms with Gasteiger partial charge in [-0.1, -0.05) is 23.7 Å². The quantitative estimate of drug-likeness (QED) is 0.834. The highest BCUT2D eigenvalue weighted by molar-refractivity contribution is 6.30. The zero-order valence-electron chi connectivity index (χ0n) is 8.63. The molecule has 7 heteroatoms. The van der Waals surface area contributed by atoms with Gasteiger partial charge in [-0.2, -0.15) is 0 Å². The Morgan fingerprint density at radius 1 is 1.47 bits per heavy atom. The van der Waals surface area contributed by atoms with Crippen molar-refractivity contribution in [1.29, 1.82) is 0 Å². The summed E-state index contributed by atoms with van der Waals surface area (Å²) in [6, 6.07) is 6.34.